The highest BCUT2D eigenvalue weighted by Crippen LogP contribution is 2.33. The number of hydrogen-bond acceptors (Lipinski definition) is 0. The molecule has 0 N–H and O–H groups in total. The highest BCUT2D eigenvalue weighted by molar-refractivity contribution is 6.48. The first kappa shape index (κ1) is 10.7. The van der Waals surface area contributed by atoms with Crippen LogP contribution in [-0.2, 0) is 0 Å². The molecule has 0 unspecified atom stereocenters. The molecule has 0 heterocycles. The summed E-state index contributed by atoms with van der Waals surface area (Å²) in [7, 11) is 0. The molecule has 0 aliphatic heterocycles. The fraction of sp³-hybridized carbons (Fsp3) is 0.750. The smallest absolute Gasteiger partial charge is 0.208 e. The van der Waals surface area contributed by atoms with Crippen molar-refractivity contribution in [2.45, 2.75) is 16.4 Å². The Balaban J connectivity index is 3.56. The molecule has 0 saturated heterocycles. The number of halogens is 6. The second-order valence-electron chi connectivity index (χ2n) is 1.57. The fourth-order valence-electron chi connectivity index (χ4n) is 0.231. The van der Waals surface area contributed by atoms with Crippen LogP contribution < -0.4 is 0 Å². The average molecular weight is 214 g/mol. The summed E-state index contributed by atoms with van der Waals surface area (Å²) in [6.45, 7) is 0. The molecule has 0 spiro atoms. The lowest BCUT2D eigenvalue weighted by atomic mass is 10.3. The third-order valence-electron chi connectivity index (χ3n) is 0.565. The molecular weight excluding hydrogens is 211 g/mol. The van der Waals surface area contributed by atoms with E-state index in [1.165, 1.54) is 0 Å². The molecule has 0 atom stereocenters. The first-order valence-corrected chi connectivity index (χ1v) is 3.32. The van der Waals surface area contributed by atoms with Gasteiger partial charge in [-0.15, -0.1) is 0 Å². The monoisotopic (exact) mass is 213 g/mol. The number of hydrogen-bond donors (Lipinski definition) is 0. The minimum absolute atomic E-state index is 0.378. The quantitative estimate of drug-likeness (QED) is 0.631. The molecule has 0 saturated carbocycles. The van der Waals surface area contributed by atoms with E-state index in [0.717, 1.165) is 0 Å². The van der Waals surface area contributed by atoms with Crippen LogP contribution in [0.1, 0.15) is 6.42 Å². The van der Waals surface area contributed by atoms with Crippen LogP contribution in [0.3, 0.4) is 0 Å². The summed E-state index contributed by atoms with van der Waals surface area (Å²) in [5.41, 5.74) is 0. The molecule has 6 heteroatoms. The fourth-order valence-corrected chi connectivity index (χ4v) is 0.463. The van der Waals surface area contributed by atoms with Crippen molar-refractivity contribution in [3.8, 4) is 0 Å². The van der Waals surface area contributed by atoms with Gasteiger partial charge in [-0.1, -0.05) is 23.2 Å². The van der Waals surface area contributed by atoms with Crippen molar-refractivity contribution in [3.63, 3.8) is 0 Å². The molecular formula is C4H3Cl3F3. The summed E-state index contributed by atoms with van der Waals surface area (Å²) in [6, 6.07) is 0. The SMILES string of the molecule is FC(Cl)(Cl)[CH]CC(F)(F)Cl. The van der Waals surface area contributed by atoms with E-state index in [4.69, 9.17) is 23.2 Å². The van der Waals surface area contributed by atoms with Gasteiger partial charge in [0.15, 0.2) is 0 Å². The Bertz CT molecular complexity index is 89.3. The maximum absolute atomic E-state index is 12.0. The molecule has 0 aliphatic rings. The van der Waals surface area contributed by atoms with Crippen LogP contribution in [0, 0.1) is 6.42 Å². The maximum atomic E-state index is 12.0. The first-order valence-electron chi connectivity index (χ1n) is 2.18. The van der Waals surface area contributed by atoms with Crippen molar-refractivity contribution >= 4 is 34.8 Å². The molecule has 10 heavy (non-hydrogen) atoms. The molecule has 0 aromatic heterocycles. The predicted molar refractivity (Wildman–Crippen MR) is 35.3 cm³/mol. The molecule has 0 fully saturated rings. The Kier molecular flexibility index (Phi) is 3.59. The predicted octanol–water partition coefficient (Wildman–Crippen LogP) is 3.51. The van der Waals surface area contributed by atoms with Crippen LogP contribution in [0.15, 0.2) is 0 Å². The molecule has 0 aromatic rings. The lowest BCUT2D eigenvalue weighted by Crippen LogP contribution is -2.13. The summed E-state index contributed by atoms with van der Waals surface area (Å²) < 4.78 is 32.7. The molecule has 1 radical (unpaired) electrons. The Hall–Kier alpha value is 0.660. The molecule has 0 aliphatic carbocycles. The number of rotatable bonds is 3. The number of alkyl halides is 6. The van der Waals surface area contributed by atoms with Crippen molar-refractivity contribution < 1.29 is 13.2 Å². The van der Waals surface area contributed by atoms with E-state index < -0.39 is 16.4 Å². The van der Waals surface area contributed by atoms with E-state index in [-0.39, 0.29) is 0 Å². The molecule has 61 valence electrons. The Morgan fingerprint density at radius 2 is 1.50 bits per heavy atom. The molecule has 0 nitrogen and oxygen atoms in total. The average Bonchev–Trinajstić information content (AvgIpc) is 1.57. The second kappa shape index (κ2) is 3.37. The Labute approximate surface area is 71.2 Å². The van der Waals surface area contributed by atoms with Gasteiger partial charge in [0.25, 0.3) is 4.59 Å². The zero-order chi connectivity index (χ0) is 8.41. The maximum Gasteiger partial charge on any atom is 0.322 e. The largest absolute Gasteiger partial charge is 0.322 e. The van der Waals surface area contributed by atoms with Crippen LogP contribution in [0.4, 0.5) is 13.2 Å². The van der Waals surface area contributed by atoms with Crippen molar-refractivity contribution in [1.29, 1.82) is 0 Å². The van der Waals surface area contributed by atoms with Crippen molar-refractivity contribution in [2.75, 3.05) is 0 Å². The summed E-state index contributed by atoms with van der Waals surface area (Å²) in [4.78, 5) is 0. The summed E-state index contributed by atoms with van der Waals surface area (Å²) in [5, 5.41) is -3.49. The topological polar surface area (TPSA) is 0 Å². The normalized spacial score (nSPS) is 13.8. The van der Waals surface area contributed by atoms with Crippen LogP contribution in [0.5, 0.6) is 0 Å². The highest BCUT2D eigenvalue weighted by Gasteiger charge is 2.32. The van der Waals surface area contributed by atoms with E-state index >= 15 is 0 Å². The highest BCUT2D eigenvalue weighted by atomic mass is 35.5. The van der Waals surface area contributed by atoms with Crippen molar-refractivity contribution in [2.24, 2.45) is 0 Å². The van der Waals surface area contributed by atoms with Gasteiger partial charge in [-0.05, 0) is 11.6 Å². The van der Waals surface area contributed by atoms with Crippen LogP contribution >= 0.6 is 34.8 Å². The lowest BCUT2D eigenvalue weighted by molar-refractivity contribution is 0.0917. The second-order valence-corrected chi connectivity index (χ2v) is 3.41. The van der Waals surface area contributed by atoms with Crippen molar-refractivity contribution in [3.05, 3.63) is 6.42 Å². The molecule has 0 amide bonds. The summed E-state index contributed by atoms with van der Waals surface area (Å²) >= 11 is 13.8. The Morgan fingerprint density at radius 1 is 1.10 bits per heavy atom. The first-order chi connectivity index (χ1) is 4.21. The van der Waals surface area contributed by atoms with Gasteiger partial charge >= 0.3 is 5.38 Å². The van der Waals surface area contributed by atoms with E-state index in [2.05, 4.69) is 11.6 Å². The van der Waals surface area contributed by atoms with Gasteiger partial charge in [0.2, 0.25) is 0 Å². The standard InChI is InChI=1S/C4H3Cl3F3/c5-3(6,8)1-2-4(7,9)10/h1H,2H2. The van der Waals surface area contributed by atoms with E-state index in [9.17, 15) is 13.2 Å². The molecule has 0 rings (SSSR count). The van der Waals surface area contributed by atoms with Gasteiger partial charge in [-0.25, -0.2) is 4.39 Å². The van der Waals surface area contributed by atoms with Gasteiger partial charge in [-0.3, -0.25) is 0 Å². The van der Waals surface area contributed by atoms with E-state index in [1.54, 1.807) is 0 Å². The van der Waals surface area contributed by atoms with Gasteiger partial charge in [-0.2, -0.15) is 8.78 Å². The molecule has 0 bridgehead atoms. The van der Waals surface area contributed by atoms with E-state index in [1.807, 2.05) is 0 Å². The van der Waals surface area contributed by atoms with Gasteiger partial charge in [0.05, 0.1) is 0 Å². The molecule has 0 aromatic carbocycles. The van der Waals surface area contributed by atoms with Crippen molar-refractivity contribution in [1.82, 2.24) is 0 Å². The minimum atomic E-state index is -3.49. The Morgan fingerprint density at radius 3 is 1.60 bits per heavy atom. The summed E-state index contributed by atoms with van der Waals surface area (Å²) in [5.74, 6) is 0. The zero-order valence-electron chi connectivity index (χ0n) is 4.55. The minimum Gasteiger partial charge on any atom is -0.208 e. The summed E-state index contributed by atoms with van der Waals surface area (Å²) in [6.07, 6.45) is -0.624. The van der Waals surface area contributed by atoms with Gasteiger partial charge in [0, 0.05) is 12.8 Å². The van der Waals surface area contributed by atoms with Gasteiger partial charge in [0.1, 0.15) is 0 Å². The van der Waals surface area contributed by atoms with Crippen LogP contribution in [0.2, 0.25) is 0 Å². The van der Waals surface area contributed by atoms with Gasteiger partial charge < -0.3 is 0 Å². The lowest BCUT2D eigenvalue weighted by Gasteiger charge is -2.10. The third kappa shape index (κ3) is 8.66. The van der Waals surface area contributed by atoms with E-state index in [0.29, 0.717) is 6.42 Å². The third-order valence-corrected chi connectivity index (χ3v) is 1.03. The van der Waals surface area contributed by atoms with Crippen LogP contribution in [0.25, 0.3) is 0 Å². The van der Waals surface area contributed by atoms with Crippen LogP contribution in [-0.4, -0.2) is 9.97 Å². The zero-order valence-corrected chi connectivity index (χ0v) is 6.82.